The van der Waals surface area contributed by atoms with Crippen LogP contribution in [0.4, 0.5) is 0 Å². The quantitative estimate of drug-likeness (QED) is 0.669. The monoisotopic (exact) mass is 345 g/mol. The minimum Gasteiger partial charge on any atom is -0.320 e. The van der Waals surface area contributed by atoms with Gasteiger partial charge in [-0.25, -0.2) is 0 Å². The standard InChI is InChI=1S/C17H13BrClN/c18-12-5-3-4-11(10-12)17(20)15-8-9-16(19)14-7-2-1-6-13(14)15/h1-10,17H,20H2. The van der Waals surface area contributed by atoms with Crippen LogP contribution in [0, 0.1) is 0 Å². The largest absolute Gasteiger partial charge is 0.320 e. The van der Waals surface area contributed by atoms with Gasteiger partial charge in [0.1, 0.15) is 0 Å². The molecule has 3 aromatic rings. The summed E-state index contributed by atoms with van der Waals surface area (Å²) in [7, 11) is 0. The van der Waals surface area contributed by atoms with Gasteiger partial charge in [-0.3, -0.25) is 0 Å². The number of benzene rings is 3. The Labute approximate surface area is 131 Å². The molecule has 0 fully saturated rings. The molecule has 0 aliphatic carbocycles. The molecule has 1 nitrogen and oxygen atoms in total. The Morgan fingerprint density at radius 1 is 0.900 bits per heavy atom. The van der Waals surface area contributed by atoms with E-state index in [-0.39, 0.29) is 6.04 Å². The summed E-state index contributed by atoms with van der Waals surface area (Å²) in [6, 6.07) is 19.9. The minimum atomic E-state index is -0.172. The van der Waals surface area contributed by atoms with Crippen LogP contribution < -0.4 is 5.73 Å². The predicted molar refractivity (Wildman–Crippen MR) is 89.1 cm³/mol. The van der Waals surface area contributed by atoms with Crippen molar-refractivity contribution in [1.82, 2.24) is 0 Å². The normalized spacial score (nSPS) is 12.6. The summed E-state index contributed by atoms with van der Waals surface area (Å²) >= 11 is 9.74. The van der Waals surface area contributed by atoms with Crippen LogP contribution in [0.15, 0.2) is 65.1 Å². The second-order valence-electron chi connectivity index (χ2n) is 4.71. The van der Waals surface area contributed by atoms with Crippen molar-refractivity contribution in [2.24, 2.45) is 5.73 Å². The van der Waals surface area contributed by atoms with Gasteiger partial charge in [-0.05, 0) is 34.7 Å². The maximum Gasteiger partial charge on any atom is 0.0558 e. The Morgan fingerprint density at radius 2 is 1.65 bits per heavy atom. The van der Waals surface area contributed by atoms with Crippen molar-refractivity contribution in [2.45, 2.75) is 6.04 Å². The van der Waals surface area contributed by atoms with Crippen molar-refractivity contribution in [2.75, 3.05) is 0 Å². The van der Waals surface area contributed by atoms with Crippen molar-refractivity contribution in [1.29, 1.82) is 0 Å². The second kappa shape index (κ2) is 5.57. The third-order valence-corrected chi connectivity index (χ3v) is 4.27. The van der Waals surface area contributed by atoms with Gasteiger partial charge in [0.2, 0.25) is 0 Å². The lowest BCUT2D eigenvalue weighted by atomic mass is 9.94. The Morgan fingerprint density at radius 3 is 2.40 bits per heavy atom. The molecule has 0 aliphatic heterocycles. The summed E-state index contributed by atoms with van der Waals surface area (Å²) < 4.78 is 1.03. The molecular formula is C17H13BrClN. The van der Waals surface area contributed by atoms with Crippen LogP contribution in [-0.2, 0) is 0 Å². The Hall–Kier alpha value is -1.35. The van der Waals surface area contributed by atoms with Gasteiger partial charge in [0, 0.05) is 14.9 Å². The number of fused-ring (bicyclic) bond motifs is 1. The first-order chi connectivity index (χ1) is 9.66. The highest BCUT2D eigenvalue weighted by Crippen LogP contribution is 2.32. The third-order valence-electron chi connectivity index (χ3n) is 3.45. The fourth-order valence-electron chi connectivity index (χ4n) is 2.44. The molecule has 0 saturated carbocycles. The van der Waals surface area contributed by atoms with Gasteiger partial charge < -0.3 is 5.73 Å². The van der Waals surface area contributed by atoms with Crippen LogP contribution in [0.2, 0.25) is 5.02 Å². The fourth-order valence-corrected chi connectivity index (χ4v) is 3.08. The van der Waals surface area contributed by atoms with Crippen molar-refractivity contribution < 1.29 is 0 Å². The zero-order valence-corrected chi connectivity index (χ0v) is 13.0. The number of nitrogens with two attached hydrogens (primary N) is 1. The van der Waals surface area contributed by atoms with E-state index in [4.69, 9.17) is 17.3 Å². The first-order valence-corrected chi connectivity index (χ1v) is 7.52. The molecule has 2 N–H and O–H groups in total. The average molecular weight is 347 g/mol. The average Bonchev–Trinajstić information content (AvgIpc) is 2.47. The van der Waals surface area contributed by atoms with Crippen LogP contribution in [0.25, 0.3) is 10.8 Å². The van der Waals surface area contributed by atoms with Crippen molar-refractivity contribution in [3.05, 3.63) is 81.3 Å². The molecule has 0 spiro atoms. The van der Waals surface area contributed by atoms with E-state index in [0.717, 1.165) is 31.4 Å². The molecule has 1 unspecified atom stereocenters. The number of rotatable bonds is 2. The highest BCUT2D eigenvalue weighted by molar-refractivity contribution is 9.10. The van der Waals surface area contributed by atoms with E-state index < -0.39 is 0 Å². The number of hydrogen-bond donors (Lipinski definition) is 1. The van der Waals surface area contributed by atoms with Crippen molar-refractivity contribution >= 4 is 38.3 Å². The lowest BCUT2D eigenvalue weighted by molar-refractivity contribution is 0.880. The molecule has 0 aliphatic rings. The van der Waals surface area contributed by atoms with Crippen LogP contribution in [0.5, 0.6) is 0 Å². The molecule has 0 saturated heterocycles. The van der Waals surface area contributed by atoms with E-state index in [0.29, 0.717) is 0 Å². The van der Waals surface area contributed by atoms with E-state index >= 15 is 0 Å². The van der Waals surface area contributed by atoms with E-state index in [1.165, 1.54) is 0 Å². The summed E-state index contributed by atoms with van der Waals surface area (Å²) in [5.74, 6) is 0. The first-order valence-electron chi connectivity index (χ1n) is 6.35. The summed E-state index contributed by atoms with van der Waals surface area (Å²) in [5, 5.41) is 2.90. The van der Waals surface area contributed by atoms with E-state index in [1.807, 2.05) is 54.6 Å². The molecular weight excluding hydrogens is 334 g/mol. The molecule has 0 aromatic heterocycles. The van der Waals surface area contributed by atoms with Gasteiger partial charge in [0.25, 0.3) is 0 Å². The summed E-state index contributed by atoms with van der Waals surface area (Å²) in [4.78, 5) is 0. The summed E-state index contributed by atoms with van der Waals surface area (Å²) in [6.45, 7) is 0. The summed E-state index contributed by atoms with van der Waals surface area (Å²) in [6.07, 6.45) is 0. The molecule has 20 heavy (non-hydrogen) atoms. The lowest BCUT2D eigenvalue weighted by Crippen LogP contribution is -2.12. The van der Waals surface area contributed by atoms with Crippen LogP contribution in [0.1, 0.15) is 17.2 Å². The Balaban J connectivity index is 2.17. The Kier molecular flexibility index (Phi) is 3.79. The van der Waals surface area contributed by atoms with Gasteiger partial charge in [-0.2, -0.15) is 0 Å². The van der Waals surface area contributed by atoms with Gasteiger partial charge >= 0.3 is 0 Å². The molecule has 100 valence electrons. The number of hydrogen-bond acceptors (Lipinski definition) is 1. The minimum absolute atomic E-state index is 0.172. The van der Waals surface area contributed by atoms with E-state index in [9.17, 15) is 0 Å². The first kappa shape index (κ1) is 13.6. The molecule has 0 amide bonds. The van der Waals surface area contributed by atoms with E-state index in [2.05, 4.69) is 22.0 Å². The molecule has 0 heterocycles. The Bertz CT molecular complexity index is 770. The van der Waals surface area contributed by atoms with Crippen molar-refractivity contribution in [3.8, 4) is 0 Å². The molecule has 0 bridgehead atoms. The third kappa shape index (κ3) is 2.47. The maximum atomic E-state index is 6.44. The SMILES string of the molecule is NC(c1cccc(Br)c1)c1ccc(Cl)c2ccccc12. The lowest BCUT2D eigenvalue weighted by Gasteiger charge is -2.16. The second-order valence-corrected chi connectivity index (χ2v) is 6.04. The summed E-state index contributed by atoms with van der Waals surface area (Å²) in [5.41, 5.74) is 8.60. The predicted octanol–water partition coefficient (Wildman–Crippen LogP) is 5.30. The zero-order valence-electron chi connectivity index (χ0n) is 10.7. The van der Waals surface area contributed by atoms with Gasteiger partial charge in [0.15, 0.2) is 0 Å². The van der Waals surface area contributed by atoms with Crippen LogP contribution in [0.3, 0.4) is 0 Å². The van der Waals surface area contributed by atoms with Gasteiger partial charge in [-0.15, -0.1) is 0 Å². The highest BCUT2D eigenvalue weighted by Gasteiger charge is 2.13. The maximum absolute atomic E-state index is 6.44. The highest BCUT2D eigenvalue weighted by atomic mass is 79.9. The molecule has 3 aromatic carbocycles. The van der Waals surface area contributed by atoms with Crippen molar-refractivity contribution in [3.63, 3.8) is 0 Å². The van der Waals surface area contributed by atoms with Crippen LogP contribution in [-0.4, -0.2) is 0 Å². The van der Waals surface area contributed by atoms with Gasteiger partial charge in [-0.1, -0.05) is 70.0 Å². The topological polar surface area (TPSA) is 26.0 Å². The van der Waals surface area contributed by atoms with Crippen LogP contribution >= 0.6 is 27.5 Å². The number of halogens is 2. The molecule has 1 atom stereocenters. The van der Waals surface area contributed by atoms with Gasteiger partial charge in [0.05, 0.1) is 6.04 Å². The molecule has 3 heteroatoms. The van der Waals surface area contributed by atoms with E-state index in [1.54, 1.807) is 0 Å². The molecule has 0 radical (unpaired) electrons. The zero-order chi connectivity index (χ0) is 14.1. The fraction of sp³-hybridized carbons (Fsp3) is 0.0588. The molecule has 3 rings (SSSR count). The smallest absolute Gasteiger partial charge is 0.0558 e.